The molecular formula is C36H70O8. The molecule has 0 fully saturated rings. The van der Waals surface area contributed by atoms with Crippen LogP contribution in [0.5, 0.6) is 0 Å². The van der Waals surface area contributed by atoms with Crippen LogP contribution < -0.4 is 0 Å². The number of carboxylic acid groups (broad SMARTS) is 2. The molecule has 0 bridgehead atoms. The number of carbonyl (C=O) groups is 3. The molecule has 0 aromatic rings. The van der Waals surface area contributed by atoms with Gasteiger partial charge in [-0.3, -0.25) is 14.4 Å². The third-order valence-electron chi connectivity index (χ3n) is 7.09. The number of aliphatic hydroxyl groups is 2. The maximum Gasteiger partial charge on any atom is 0.305 e. The summed E-state index contributed by atoms with van der Waals surface area (Å²) >= 11 is 0. The Balaban J connectivity index is -0.000000738. The molecule has 8 nitrogen and oxygen atoms in total. The van der Waals surface area contributed by atoms with Crippen LogP contribution in [0.25, 0.3) is 0 Å². The van der Waals surface area contributed by atoms with E-state index in [4.69, 9.17) is 25.2 Å². The molecule has 8 heteroatoms. The Bertz CT molecular complexity index is 636. The number of carbonyl (C=O) groups excluding carboxylic acids is 1. The Morgan fingerprint density at radius 2 is 0.932 bits per heavy atom. The lowest BCUT2D eigenvalue weighted by Crippen LogP contribution is -2.21. The van der Waals surface area contributed by atoms with E-state index in [1.54, 1.807) is 6.92 Å². The van der Waals surface area contributed by atoms with Gasteiger partial charge in [-0.2, -0.15) is 0 Å². The van der Waals surface area contributed by atoms with Gasteiger partial charge in [-0.05, 0) is 38.5 Å². The number of aliphatic hydroxyl groups excluding tert-OH is 2. The van der Waals surface area contributed by atoms with Gasteiger partial charge in [-0.15, -0.1) is 0 Å². The van der Waals surface area contributed by atoms with Crippen LogP contribution in [0.3, 0.4) is 0 Å². The van der Waals surface area contributed by atoms with Crippen LogP contribution >= 0.6 is 0 Å². The molecule has 0 aliphatic carbocycles. The molecule has 1 atom stereocenters. The summed E-state index contributed by atoms with van der Waals surface area (Å²) in [5.41, 5.74) is 0. The van der Waals surface area contributed by atoms with E-state index in [0.29, 0.717) is 12.8 Å². The number of carboxylic acids is 2. The van der Waals surface area contributed by atoms with Crippen molar-refractivity contribution in [1.82, 2.24) is 0 Å². The summed E-state index contributed by atoms with van der Waals surface area (Å²) in [5, 5.41) is 33.8. The third kappa shape index (κ3) is 49.7. The van der Waals surface area contributed by atoms with Crippen molar-refractivity contribution in [2.75, 3.05) is 13.2 Å². The summed E-state index contributed by atoms with van der Waals surface area (Å²) in [5.74, 6) is -1.69. The zero-order valence-corrected chi connectivity index (χ0v) is 28.7. The summed E-state index contributed by atoms with van der Waals surface area (Å²) in [7, 11) is 0. The van der Waals surface area contributed by atoms with Gasteiger partial charge in [0.1, 0.15) is 12.7 Å². The van der Waals surface area contributed by atoms with E-state index in [1.165, 1.54) is 103 Å². The number of hydrogen-bond donors (Lipinski definition) is 4. The Labute approximate surface area is 270 Å². The number of unbranched alkanes of at least 4 members (excludes halogenated alkanes) is 19. The van der Waals surface area contributed by atoms with E-state index in [9.17, 15) is 14.4 Å². The second-order valence-corrected chi connectivity index (χ2v) is 11.6. The molecule has 0 saturated carbocycles. The van der Waals surface area contributed by atoms with Gasteiger partial charge < -0.3 is 25.2 Å². The third-order valence-corrected chi connectivity index (χ3v) is 7.09. The number of hydrogen-bond acceptors (Lipinski definition) is 6. The SMILES string of the molecule is CCC(=O)O.CCCCCCCCC=CCCCCCCCC(=O)OCC(O)CO.CCCCCCCCCCCC(=O)O. The van der Waals surface area contributed by atoms with E-state index in [2.05, 4.69) is 26.0 Å². The summed E-state index contributed by atoms with van der Waals surface area (Å²) in [4.78, 5) is 30.9. The molecular weight excluding hydrogens is 560 g/mol. The fourth-order valence-electron chi connectivity index (χ4n) is 4.24. The van der Waals surface area contributed by atoms with Crippen LogP contribution in [0.15, 0.2) is 12.2 Å². The predicted octanol–water partition coefficient (Wildman–Crippen LogP) is 9.39. The Morgan fingerprint density at radius 1 is 0.568 bits per heavy atom. The van der Waals surface area contributed by atoms with Crippen LogP contribution in [0.2, 0.25) is 0 Å². The van der Waals surface area contributed by atoms with E-state index >= 15 is 0 Å². The normalized spacial score (nSPS) is 11.3. The molecule has 262 valence electrons. The first-order valence-corrected chi connectivity index (χ1v) is 17.8. The van der Waals surface area contributed by atoms with Crippen molar-refractivity contribution < 1.29 is 39.5 Å². The van der Waals surface area contributed by atoms with Crippen molar-refractivity contribution in [2.24, 2.45) is 0 Å². The van der Waals surface area contributed by atoms with E-state index in [1.807, 2.05) is 0 Å². The van der Waals surface area contributed by atoms with Crippen molar-refractivity contribution in [3.8, 4) is 0 Å². The quantitative estimate of drug-likeness (QED) is 0.0364. The lowest BCUT2D eigenvalue weighted by Gasteiger charge is -2.08. The molecule has 0 aliphatic heterocycles. The number of aliphatic carboxylic acids is 2. The topological polar surface area (TPSA) is 141 Å². The van der Waals surface area contributed by atoms with Crippen LogP contribution in [-0.4, -0.2) is 57.7 Å². The summed E-state index contributed by atoms with van der Waals surface area (Å²) < 4.78 is 4.86. The maximum atomic E-state index is 11.4. The van der Waals surface area contributed by atoms with Crippen molar-refractivity contribution in [3.05, 3.63) is 12.2 Å². The Hall–Kier alpha value is -1.93. The highest BCUT2D eigenvalue weighted by molar-refractivity contribution is 5.69. The minimum atomic E-state index is -0.960. The van der Waals surface area contributed by atoms with Crippen molar-refractivity contribution in [1.29, 1.82) is 0 Å². The number of rotatable bonds is 29. The van der Waals surface area contributed by atoms with Gasteiger partial charge in [0.25, 0.3) is 0 Å². The molecule has 4 N–H and O–H groups in total. The van der Waals surface area contributed by atoms with Crippen molar-refractivity contribution in [3.63, 3.8) is 0 Å². The second-order valence-electron chi connectivity index (χ2n) is 11.6. The van der Waals surface area contributed by atoms with E-state index < -0.39 is 18.0 Å². The first-order chi connectivity index (χ1) is 21.2. The first kappa shape index (κ1) is 46.5. The van der Waals surface area contributed by atoms with Crippen LogP contribution in [0, 0.1) is 0 Å². The molecule has 0 radical (unpaired) electrons. The van der Waals surface area contributed by atoms with Gasteiger partial charge in [-0.25, -0.2) is 0 Å². The average Bonchev–Trinajstić information content (AvgIpc) is 3.01. The number of allylic oxidation sites excluding steroid dienone is 2. The van der Waals surface area contributed by atoms with Gasteiger partial charge in [0, 0.05) is 19.3 Å². The number of ether oxygens (including phenoxy) is 1. The lowest BCUT2D eigenvalue weighted by atomic mass is 10.1. The van der Waals surface area contributed by atoms with Gasteiger partial charge in [0.05, 0.1) is 6.61 Å². The molecule has 0 amide bonds. The minimum absolute atomic E-state index is 0.111. The molecule has 0 aromatic heterocycles. The average molecular weight is 631 g/mol. The van der Waals surface area contributed by atoms with Gasteiger partial charge in [0.15, 0.2) is 0 Å². The van der Waals surface area contributed by atoms with Gasteiger partial charge >= 0.3 is 17.9 Å². The highest BCUT2D eigenvalue weighted by Crippen LogP contribution is 2.11. The number of esters is 1. The zero-order valence-electron chi connectivity index (χ0n) is 28.7. The molecule has 0 rings (SSSR count). The molecule has 0 heterocycles. The van der Waals surface area contributed by atoms with Crippen LogP contribution in [0.1, 0.15) is 181 Å². The first-order valence-electron chi connectivity index (χ1n) is 17.8. The smallest absolute Gasteiger partial charge is 0.305 e. The lowest BCUT2D eigenvalue weighted by molar-refractivity contribution is -0.147. The molecule has 0 spiro atoms. The van der Waals surface area contributed by atoms with Gasteiger partial charge in [0.2, 0.25) is 0 Å². The second kappa shape index (κ2) is 41.1. The summed E-state index contributed by atoms with van der Waals surface area (Å²) in [6.45, 7) is 5.60. The van der Waals surface area contributed by atoms with Crippen LogP contribution in [-0.2, 0) is 19.1 Å². The minimum Gasteiger partial charge on any atom is -0.481 e. The summed E-state index contributed by atoms with van der Waals surface area (Å²) in [6, 6.07) is 0. The van der Waals surface area contributed by atoms with Crippen molar-refractivity contribution in [2.45, 2.75) is 187 Å². The predicted molar refractivity (Wildman–Crippen MR) is 181 cm³/mol. The molecule has 44 heavy (non-hydrogen) atoms. The van der Waals surface area contributed by atoms with E-state index in [0.717, 1.165) is 38.5 Å². The standard InChI is InChI=1S/C21H40O4.C12H24O2.C3H6O2/c1-2-3-4-5-6-7-8-9-10-11-12-13-14-15-16-17-21(24)25-19-20(23)18-22;1-2-3-4-5-6-7-8-9-10-11-12(13)14;1-2-3(4)5/h9-10,20,22-23H,2-8,11-19H2,1H3;2-11H2,1H3,(H,13,14);2H2,1H3,(H,4,5). The fourth-order valence-corrected chi connectivity index (χ4v) is 4.24. The largest absolute Gasteiger partial charge is 0.481 e. The monoisotopic (exact) mass is 631 g/mol. The van der Waals surface area contributed by atoms with Crippen LogP contribution in [0.4, 0.5) is 0 Å². The Morgan fingerprint density at radius 3 is 1.30 bits per heavy atom. The summed E-state index contributed by atoms with van der Waals surface area (Å²) in [6.07, 6.45) is 31.8. The highest BCUT2D eigenvalue weighted by atomic mass is 16.5. The van der Waals surface area contributed by atoms with E-state index in [-0.39, 0.29) is 25.6 Å². The molecule has 1 unspecified atom stereocenters. The zero-order chi connectivity index (χ0) is 33.5. The molecule has 0 saturated heterocycles. The Kier molecular flexibility index (Phi) is 43.4. The molecule has 0 aromatic carbocycles. The van der Waals surface area contributed by atoms with Crippen molar-refractivity contribution >= 4 is 17.9 Å². The molecule has 0 aliphatic rings. The fraction of sp³-hybridized carbons (Fsp3) is 0.861. The van der Waals surface area contributed by atoms with Gasteiger partial charge in [-0.1, -0.05) is 136 Å². The highest BCUT2D eigenvalue weighted by Gasteiger charge is 2.07. The maximum absolute atomic E-state index is 11.4.